The van der Waals surface area contributed by atoms with Gasteiger partial charge in [-0.05, 0) is 42.1 Å². The van der Waals surface area contributed by atoms with E-state index < -0.39 is 15.9 Å². The standard InChI is InChI=1S/C23H23N5O3S2/c1-3-27(4-2)33(30,31)19-12-8-9-16(13-19)21-17(14-20-22(29)25-23(24)32-20)15-28(26-21)18-10-6-5-7-11-18/h5-15H,3-4H2,1-2H3,(H2,24,25,29)/b20-14-. The summed E-state index contributed by atoms with van der Waals surface area (Å²) in [6.45, 7) is 4.37. The second-order valence-electron chi connectivity index (χ2n) is 7.20. The smallest absolute Gasteiger partial charge is 0.286 e. The molecule has 1 aromatic heterocycles. The molecule has 0 saturated heterocycles. The number of aliphatic imine (C=N–C) groups is 1. The molecule has 0 saturated carbocycles. The minimum atomic E-state index is -3.64. The van der Waals surface area contributed by atoms with Crippen molar-refractivity contribution in [3.8, 4) is 16.9 Å². The van der Waals surface area contributed by atoms with Crippen LogP contribution in [0.2, 0.25) is 0 Å². The van der Waals surface area contributed by atoms with Gasteiger partial charge in [-0.25, -0.2) is 13.1 Å². The number of amides is 1. The predicted octanol–water partition coefficient (Wildman–Crippen LogP) is 3.50. The van der Waals surface area contributed by atoms with E-state index in [9.17, 15) is 13.2 Å². The van der Waals surface area contributed by atoms with E-state index in [2.05, 4.69) is 4.99 Å². The Hall–Kier alpha value is -3.21. The zero-order valence-electron chi connectivity index (χ0n) is 18.2. The van der Waals surface area contributed by atoms with Crippen molar-refractivity contribution in [1.29, 1.82) is 0 Å². The van der Waals surface area contributed by atoms with Gasteiger partial charge in [-0.2, -0.15) is 14.4 Å². The van der Waals surface area contributed by atoms with Crippen LogP contribution in [0.25, 0.3) is 23.0 Å². The average molecular weight is 482 g/mol. The average Bonchev–Trinajstić information content (AvgIpc) is 3.37. The van der Waals surface area contributed by atoms with E-state index in [1.54, 1.807) is 55.1 Å². The van der Waals surface area contributed by atoms with E-state index in [-0.39, 0.29) is 10.1 Å². The lowest BCUT2D eigenvalue weighted by atomic mass is 10.1. The van der Waals surface area contributed by atoms with Crippen LogP contribution in [-0.4, -0.2) is 46.7 Å². The lowest BCUT2D eigenvalue weighted by Crippen LogP contribution is -2.30. The van der Waals surface area contributed by atoms with Crippen LogP contribution in [0.15, 0.2) is 75.6 Å². The number of benzene rings is 2. The molecule has 0 atom stereocenters. The van der Waals surface area contributed by atoms with Gasteiger partial charge in [0.2, 0.25) is 10.0 Å². The Morgan fingerprint density at radius 1 is 1.09 bits per heavy atom. The number of para-hydroxylation sites is 1. The Morgan fingerprint density at radius 2 is 1.82 bits per heavy atom. The zero-order chi connectivity index (χ0) is 23.6. The maximum Gasteiger partial charge on any atom is 0.286 e. The Kier molecular flexibility index (Phi) is 6.50. The first-order valence-electron chi connectivity index (χ1n) is 10.4. The number of hydrogen-bond donors (Lipinski definition) is 1. The molecule has 33 heavy (non-hydrogen) atoms. The quantitative estimate of drug-likeness (QED) is 0.517. The van der Waals surface area contributed by atoms with Gasteiger partial charge in [0.15, 0.2) is 5.17 Å². The largest absolute Gasteiger partial charge is 0.378 e. The summed E-state index contributed by atoms with van der Waals surface area (Å²) >= 11 is 1.09. The van der Waals surface area contributed by atoms with Crippen LogP contribution in [0.3, 0.4) is 0 Å². The van der Waals surface area contributed by atoms with Gasteiger partial charge < -0.3 is 5.73 Å². The highest BCUT2D eigenvalue weighted by Crippen LogP contribution is 2.32. The molecule has 8 nitrogen and oxygen atoms in total. The molecule has 4 rings (SSSR count). The summed E-state index contributed by atoms with van der Waals surface area (Å²) < 4.78 is 29.2. The lowest BCUT2D eigenvalue weighted by Gasteiger charge is -2.18. The molecule has 2 N–H and O–H groups in total. The van der Waals surface area contributed by atoms with Crippen molar-refractivity contribution in [3.05, 3.63) is 71.3 Å². The first-order chi connectivity index (χ1) is 15.8. The second kappa shape index (κ2) is 9.34. The number of amidine groups is 1. The van der Waals surface area contributed by atoms with Crippen LogP contribution in [0.4, 0.5) is 0 Å². The van der Waals surface area contributed by atoms with Gasteiger partial charge >= 0.3 is 0 Å². The Morgan fingerprint density at radius 3 is 2.45 bits per heavy atom. The van der Waals surface area contributed by atoms with E-state index in [0.29, 0.717) is 34.8 Å². The number of carbonyl (C=O) groups is 1. The minimum Gasteiger partial charge on any atom is -0.378 e. The summed E-state index contributed by atoms with van der Waals surface area (Å²) in [6.07, 6.45) is 3.48. The van der Waals surface area contributed by atoms with E-state index in [4.69, 9.17) is 10.8 Å². The third kappa shape index (κ3) is 4.63. The molecule has 2 aromatic carbocycles. The van der Waals surface area contributed by atoms with Crippen molar-refractivity contribution in [2.75, 3.05) is 13.1 Å². The lowest BCUT2D eigenvalue weighted by molar-refractivity contribution is -0.113. The highest BCUT2D eigenvalue weighted by molar-refractivity contribution is 8.18. The van der Waals surface area contributed by atoms with E-state index in [0.717, 1.165) is 17.4 Å². The first-order valence-corrected chi connectivity index (χ1v) is 12.6. The normalized spacial score (nSPS) is 15.4. The molecule has 0 unspecified atom stereocenters. The molecule has 10 heteroatoms. The van der Waals surface area contributed by atoms with Crippen molar-refractivity contribution < 1.29 is 13.2 Å². The van der Waals surface area contributed by atoms with Crippen LogP contribution in [0, 0.1) is 0 Å². The molecule has 0 fully saturated rings. The molecule has 170 valence electrons. The van der Waals surface area contributed by atoms with Gasteiger partial charge in [-0.3, -0.25) is 4.79 Å². The van der Waals surface area contributed by atoms with Gasteiger partial charge in [-0.15, -0.1) is 0 Å². The van der Waals surface area contributed by atoms with Crippen molar-refractivity contribution in [1.82, 2.24) is 14.1 Å². The summed E-state index contributed by atoms with van der Waals surface area (Å²) in [6, 6.07) is 16.2. The molecule has 0 radical (unpaired) electrons. The van der Waals surface area contributed by atoms with Gasteiger partial charge in [-0.1, -0.05) is 44.2 Å². The highest BCUT2D eigenvalue weighted by atomic mass is 32.2. The number of aromatic nitrogens is 2. The van der Waals surface area contributed by atoms with Gasteiger partial charge in [0, 0.05) is 30.4 Å². The molecule has 0 spiro atoms. The topological polar surface area (TPSA) is 111 Å². The number of nitrogens with zero attached hydrogens (tertiary/aromatic N) is 4. The van der Waals surface area contributed by atoms with Crippen molar-refractivity contribution in [3.63, 3.8) is 0 Å². The maximum absolute atomic E-state index is 13.1. The molecule has 3 aromatic rings. The molecule has 2 heterocycles. The Bertz CT molecular complexity index is 1360. The van der Waals surface area contributed by atoms with Gasteiger partial charge in [0.1, 0.15) is 5.69 Å². The van der Waals surface area contributed by atoms with Crippen molar-refractivity contribution in [2.45, 2.75) is 18.7 Å². The Balaban J connectivity index is 1.84. The third-order valence-corrected chi connectivity index (χ3v) is 8.00. The van der Waals surface area contributed by atoms with Crippen molar-refractivity contribution in [2.24, 2.45) is 10.7 Å². The number of sulfonamides is 1. The molecular formula is C23H23N5O3S2. The zero-order valence-corrected chi connectivity index (χ0v) is 19.8. The van der Waals surface area contributed by atoms with Crippen LogP contribution in [0.1, 0.15) is 19.4 Å². The summed E-state index contributed by atoms with van der Waals surface area (Å²) in [5.41, 5.74) is 8.34. The second-order valence-corrected chi connectivity index (χ2v) is 10.2. The predicted molar refractivity (Wildman–Crippen MR) is 131 cm³/mol. The fraction of sp³-hybridized carbons (Fsp3) is 0.174. The van der Waals surface area contributed by atoms with Crippen LogP contribution < -0.4 is 5.73 Å². The number of carbonyl (C=O) groups excluding carboxylic acids is 1. The van der Waals surface area contributed by atoms with Gasteiger partial charge in [0.05, 0.1) is 15.5 Å². The van der Waals surface area contributed by atoms with E-state index in [1.165, 1.54) is 4.31 Å². The van der Waals surface area contributed by atoms with Crippen LogP contribution in [-0.2, 0) is 14.8 Å². The molecule has 0 bridgehead atoms. The van der Waals surface area contributed by atoms with Crippen molar-refractivity contribution >= 4 is 38.9 Å². The number of rotatable bonds is 7. The highest BCUT2D eigenvalue weighted by Gasteiger charge is 2.24. The van der Waals surface area contributed by atoms with Crippen LogP contribution in [0.5, 0.6) is 0 Å². The maximum atomic E-state index is 13.1. The summed E-state index contributed by atoms with van der Waals surface area (Å²) in [7, 11) is -3.64. The van der Waals surface area contributed by atoms with E-state index in [1.807, 2.05) is 30.3 Å². The van der Waals surface area contributed by atoms with Crippen LogP contribution >= 0.6 is 11.8 Å². The number of thioether (sulfide) groups is 1. The summed E-state index contributed by atoms with van der Waals surface area (Å²) in [5, 5.41) is 4.91. The summed E-state index contributed by atoms with van der Waals surface area (Å²) in [5.74, 6) is -0.409. The minimum absolute atomic E-state index is 0.190. The molecule has 1 aliphatic heterocycles. The Labute approximate surface area is 196 Å². The third-order valence-electron chi connectivity index (χ3n) is 5.14. The molecule has 0 aliphatic carbocycles. The molecular weight excluding hydrogens is 458 g/mol. The monoisotopic (exact) mass is 481 g/mol. The molecule has 1 amide bonds. The van der Waals surface area contributed by atoms with Gasteiger partial charge in [0.25, 0.3) is 5.91 Å². The first kappa shape index (κ1) is 23.0. The number of nitrogens with two attached hydrogens (primary N) is 1. The number of hydrogen-bond acceptors (Lipinski definition) is 6. The SMILES string of the molecule is CCN(CC)S(=O)(=O)c1cccc(-c2nn(-c3ccccc3)cc2/C=C2\SC(N)=NC2=O)c1. The fourth-order valence-electron chi connectivity index (χ4n) is 3.51. The van der Waals surface area contributed by atoms with E-state index >= 15 is 0 Å². The fourth-order valence-corrected chi connectivity index (χ4v) is 5.69. The molecule has 1 aliphatic rings. The summed E-state index contributed by atoms with van der Waals surface area (Å²) in [4.78, 5) is 16.5.